The van der Waals surface area contributed by atoms with Crippen molar-refractivity contribution in [2.75, 3.05) is 18.6 Å². The highest BCUT2D eigenvalue weighted by atomic mass is 19.4. The van der Waals surface area contributed by atoms with Crippen molar-refractivity contribution in [1.29, 1.82) is 0 Å². The SMILES string of the molecule is CCN1C(=O)[C@@H](NC(=O)c2cccc(C(F)(F)F)c2)C(c2ccc(F)c(OC)c2)c2c(C)nn(-c3ccccc3)c21. The van der Waals surface area contributed by atoms with Gasteiger partial charge in [0.2, 0.25) is 0 Å². The monoisotopic (exact) mass is 566 g/mol. The normalized spacial score (nSPS) is 16.9. The Bertz CT molecular complexity index is 1620. The van der Waals surface area contributed by atoms with E-state index in [2.05, 4.69) is 5.32 Å². The van der Waals surface area contributed by atoms with Crippen molar-refractivity contribution < 1.29 is 31.9 Å². The molecule has 0 fully saturated rings. The van der Waals surface area contributed by atoms with E-state index in [9.17, 15) is 27.2 Å². The zero-order chi connectivity index (χ0) is 29.5. The van der Waals surface area contributed by atoms with Crippen LogP contribution in [0.5, 0.6) is 5.75 Å². The van der Waals surface area contributed by atoms with Gasteiger partial charge >= 0.3 is 6.18 Å². The molecular weight excluding hydrogens is 540 g/mol. The number of rotatable bonds is 6. The van der Waals surface area contributed by atoms with Crippen LogP contribution in [0.25, 0.3) is 5.69 Å². The molecule has 3 aromatic carbocycles. The molecule has 2 heterocycles. The number of nitrogens with zero attached hydrogens (tertiary/aromatic N) is 3. The van der Waals surface area contributed by atoms with E-state index in [0.717, 1.165) is 18.2 Å². The molecule has 0 saturated carbocycles. The number of methoxy groups -OCH3 is 1. The number of carbonyl (C=O) groups is 2. The van der Waals surface area contributed by atoms with Crippen LogP contribution >= 0.6 is 0 Å². The summed E-state index contributed by atoms with van der Waals surface area (Å²) >= 11 is 0. The first-order valence-electron chi connectivity index (χ1n) is 12.8. The highest BCUT2D eigenvalue weighted by molar-refractivity contribution is 6.05. The first-order valence-corrected chi connectivity index (χ1v) is 12.8. The first kappa shape index (κ1) is 27.9. The highest BCUT2D eigenvalue weighted by Crippen LogP contribution is 2.44. The van der Waals surface area contributed by atoms with Gasteiger partial charge in [0.25, 0.3) is 11.8 Å². The summed E-state index contributed by atoms with van der Waals surface area (Å²) in [4.78, 5) is 28.9. The number of carbonyl (C=O) groups excluding carboxylic acids is 2. The fourth-order valence-electron chi connectivity index (χ4n) is 5.22. The summed E-state index contributed by atoms with van der Waals surface area (Å²) < 4.78 is 61.3. The van der Waals surface area contributed by atoms with Crippen LogP contribution in [0.4, 0.5) is 23.4 Å². The number of anilines is 1. The minimum atomic E-state index is -4.65. The molecule has 2 amide bonds. The summed E-state index contributed by atoms with van der Waals surface area (Å²) in [5, 5.41) is 7.40. The average Bonchev–Trinajstić information content (AvgIpc) is 3.30. The number of halogens is 4. The summed E-state index contributed by atoms with van der Waals surface area (Å²) in [6.07, 6.45) is -4.65. The molecule has 7 nitrogen and oxygen atoms in total. The van der Waals surface area contributed by atoms with E-state index in [-0.39, 0.29) is 17.9 Å². The van der Waals surface area contributed by atoms with Gasteiger partial charge in [-0.2, -0.15) is 18.3 Å². The largest absolute Gasteiger partial charge is 0.494 e. The number of alkyl halides is 3. The Kier molecular flexibility index (Phi) is 7.29. The second kappa shape index (κ2) is 10.7. The lowest BCUT2D eigenvalue weighted by Gasteiger charge is -2.38. The number of amides is 2. The van der Waals surface area contributed by atoms with Crippen molar-refractivity contribution in [2.24, 2.45) is 0 Å². The first-order chi connectivity index (χ1) is 19.5. The lowest BCUT2D eigenvalue weighted by atomic mass is 9.81. The van der Waals surface area contributed by atoms with Crippen LogP contribution in [-0.2, 0) is 11.0 Å². The minimum absolute atomic E-state index is 0.0644. The smallest absolute Gasteiger partial charge is 0.416 e. The van der Waals surface area contributed by atoms with Crippen LogP contribution in [0.3, 0.4) is 0 Å². The molecule has 5 rings (SSSR count). The molecule has 0 bridgehead atoms. The fraction of sp³-hybridized carbons (Fsp3) is 0.233. The van der Waals surface area contributed by atoms with Crippen LogP contribution in [0.1, 0.15) is 45.6 Å². The number of hydrogen-bond acceptors (Lipinski definition) is 4. The number of nitrogens with one attached hydrogen (secondary N) is 1. The zero-order valence-corrected chi connectivity index (χ0v) is 22.4. The number of ether oxygens (including phenoxy) is 1. The fourth-order valence-corrected chi connectivity index (χ4v) is 5.22. The minimum Gasteiger partial charge on any atom is -0.494 e. The topological polar surface area (TPSA) is 76.5 Å². The number of aryl methyl sites for hydroxylation is 1. The maximum atomic E-state index is 14.4. The van der Waals surface area contributed by atoms with E-state index in [1.54, 1.807) is 18.5 Å². The Morgan fingerprint density at radius 1 is 1.05 bits per heavy atom. The Labute approximate surface area is 233 Å². The van der Waals surface area contributed by atoms with Gasteiger partial charge in [-0.25, -0.2) is 9.07 Å². The number of likely N-dealkylation sites (N-methyl/N-ethyl adjacent to an activating group) is 1. The van der Waals surface area contributed by atoms with Crippen molar-refractivity contribution in [3.05, 3.63) is 107 Å². The van der Waals surface area contributed by atoms with Crippen molar-refractivity contribution in [2.45, 2.75) is 32.0 Å². The lowest BCUT2D eigenvalue weighted by molar-refractivity contribution is -0.137. The summed E-state index contributed by atoms with van der Waals surface area (Å²) in [7, 11) is 1.31. The van der Waals surface area contributed by atoms with E-state index >= 15 is 0 Å². The summed E-state index contributed by atoms with van der Waals surface area (Å²) in [6.45, 7) is 3.76. The van der Waals surface area contributed by atoms with Crippen LogP contribution in [0.15, 0.2) is 72.8 Å². The molecule has 1 aliphatic heterocycles. The van der Waals surface area contributed by atoms with E-state index in [0.29, 0.717) is 28.3 Å². The van der Waals surface area contributed by atoms with Gasteiger partial charge in [-0.15, -0.1) is 0 Å². The highest BCUT2D eigenvalue weighted by Gasteiger charge is 2.46. The van der Waals surface area contributed by atoms with Gasteiger partial charge < -0.3 is 10.1 Å². The third-order valence-electron chi connectivity index (χ3n) is 7.10. The molecule has 11 heteroatoms. The molecule has 0 spiro atoms. The van der Waals surface area contributed by atoms with Gasteiger partial charge in [-0.1, -0.05) is 30.3 Å². The van der Waals surface area contributed by atoms with Gasteiger partial charge in [-0.05, 0) is 61.9 Å². The molecule has 212 valence electrons. The number of para-hydroxylation sites is 1. The predicted molar refractivity (Wildman–Crippen MR) is 144 cm³/mol. The maximum Gasteiger partial charge on any atom is 0.416 e. The van der Waals surface area contributed by atoms with E-state index in [4.69, 9.17) is 9.84 Å². The van der Waals surface area contributed by atoms with E-state index in [1.807, 2.05) is 30.3 Å². The molecule has 0 radical (unpaired) electrons. The second-order valence-corrected chi connectivity index (χ2v) is 9.55. The van der Waals surface area contributed by atoms with Crippen molar-refractivity contribution >= 4 is 17.6 Å². The Balaban J connectivity index is 1.68. The average molecular weight is 567 g/mol. The van der Waals surface area contributed by atoms with E-state index in [1.165, 1.54) is 36.3 Å². The standard InChI is InChI=1S/C30H26F4N4O3/c1-4-37-28-24(17(2)36-38(28)21-11-6-5-7-12-21)25(18-13-14-22(31)23(16-18)41-3)26(29(37)40)35-27(39)19-9-8-10-20(15-19)30(32,33)34/h5-16,25-26H,4H2,1-3H3,(H,35,39)/t25?,26-/m0/s1. The molecule has 1 aromatic heterocycles. The molecular formula is C30H26F4N4O3. The second-order valence-electron chi connectivity index (χ2n) is 9.55. The molecule has 1 aliphatic rings. The number of hydrogen-bond donors (Lipinski definition) is 1. The molecule has 4 aromatic rings. The van der Waals surface area contributed by atoms with Crippen molar-refractivity contribution in [3.63, 3.8) is 0 Å². The summed E-state index contributed by atoms with van der Waals surface area (Å²) in [5.41, 5.74) is 1.08. The third kappa shape index (κ3) is 5.03. The predicted octanol–water partition coefficient (Wildman–Crippen LogP) is 5.64. The van der Waals surface area contributed by atoms with Gasteiger partial charge in [-0.3, -0.25) is 14.5 Å². The Morgan fingerprint density at radius 3 is 2.44 bits per heavy atom. The molecule has 1 unspecified atom stereocenters. The van der Waals surface area contributed by atoms with Crippen LogP contribution in [0, 0.1) is 12.7 Å². The van der Waals surface area contributed by atoms with Crippen LogP contribution in [0.2, 0.25) is 0 Å². The lowest BCUT2D eigenvalue weighted by Crippen LogP contribution is -2.55. The van der Waals surface area contributed by atoms with Crippen LogP contribution in [-0.4, -0.2) is 41.3 Å². The number of benzene rings is 3. The van der Waals surface area contributed by atoms with Gasteiger partial charge in [0, 0.05) is 23.6 Å². The Hall–Kier alpha value is -4.67. The Morgan fingerprint density at radius 2 is 1.78 bits per heavy atom. The summed E-state index contributed by atoms with van der Waals surface area (Å²) in [6, 6.07) is 16.1. The molecule has 0 aliphatic carbocycles. The maximum absolute atomic E-state index is 14.4. The quantitative estimate of drug-likeness (QED) is 0.307. The molecule has 2 atom stereocenters. The molecule has 0 saturated heterocycles. The molecule has 41 heavy (non-hydrogen) atoms. The van der Waals surface area contributed by atoms with Gasteiger partial charge in [0.1, 0.15) is 11.9 Å². The van der Waals surface area contributed by atoms with Crippen LogP contribution < -0.4 is 15.0 Å². The third-order valence-corrected chi connectivity index (χ3v) is 7.10. The van der Waals surface area contributed by atoms with Gasteiger partial charge in [0.15, 0.2) is 11.6 Å². The van der Waals surface area contributed by atoms with E-state index < -0.39 is 41.3 Å². The number of fused-ring (bicyclic) bond motifs is 1. The van der Waals surface area contributed by atoms with Crippen molar-refractivity contribution in [1.82, 2.24) is 15.1 Å². The van der Waals surface area contributed by atoms with Crippen molar-refractivity contribution in [3.8, 4) is 11.4 Å². The summed E-state index contributed by atoms with van der Waals surface area (Å²) in [5.74, 6) is -2.41. The zero-order valence-electron chi connectivity index (χ0n) is 22.4. The molecule has 1 N–H and O–H groups in total. The number of aromatic nitrogens is 2. The van der Waals surface area contributed by atoms with Gasteiger partial charge in [0.05, 0.1) is 24.1 Å².